The standard InChI is InChI=1S/C15H16Cl2N4O/c1-2-3-15(22)19-7-11(8-21-10-18-9-20-21)13-5-4-12(16)6-14(13)17/h2-6,9-11H,7-8H2,1H3,(H,19,22)/b3-2+. The number of rotatable bonds is 6. The molecule has 5 nitrogen and oxygen atoms in total. The number of amides is 1. The summed E-state index contributed by atoms with van der Waals surface area (Å²) < 4.78 is 1.71. The van der Waals surface area contributed by atoms with E-state index in [9.17, 15) is 4.79 Å². The van der Waals surface area contributed by atoms with Gasteiger partial charge in [-0.25, -0.2) is 4.98 Å². The van der Waals surface area contributed by atoms with Crippen LogP contribution in [0.15, 0.2) is 43.0 Å². The number of hydrogen-bond donors (Lipinski definition) is 1. The summed E-state index contributed by atoms with van der Waals surface area (Å²) in [5.41, 5.74) is 0.905. The van der Waals surface area contributed by atoms with Crippen LogP contribution in [0.2, 0.25) is 10.0 Å². The number of allylic oxidation sites excluding steroid dienone is 1. The second kappa shape index (κ2) is 7.96. The molecule has 0 aliphatic heterocycles. The summed E-state index contributed by atoms with van der Waals surface area (Å²) in [5.74, 6) is -0.183. The van der Waals surface area contributed by atoms with Crippen molar-refractivity contribution in [1.82, 2.24) is 20.1 Å². The van der Waals surface area contributed by atoms with Crippen LogP contribution in [0.25, 0.3) is 0 Å². The Hall–Kier alpha value is -1.85. The number of hydrogen-bond acceptors (Lipinski definition) is 3. The average Bonchev–Trinajstić information content (AvgIpc) is 2.97. The van der Waals surface area contributed by atoms with E-state index in [0.29, 0.717) is 23.1 Å². The van der Waals surface area contributed by atoms with Gasteiger partial charge in [-0.05, 0) is 30.7 Å². The molecule has 1 aromatic carbocycles. The van der Waals surface area contributed by atoms with Crippen LogP contribution >= 0.6 is 23.2 Å². The predicted molar refractivity (Wildman–Crippen MR) is 87.0 cm³/mol. The van der Waals surface area contributed by atoms with Gasteiger partial charge in [0.2, 0.25) is 5.91 Å². The van der Waals surface area contributed by atoms with Gasteiger partial charge >= 0.3 is 0 Å². The largest absolute Gasteiger partial charge is 0.352 e. The lowest BCUT2D eigenvalue weighted by atomic mass is 9.99. The third-order valence-electron chi connectivity index (χ3n) is 3.12. The van der Waals surface area contributed by atoms with Crippen molar-refractivity contribution < 1.29 is 4.79 Å². The fourth-order valence-corrected chi connectivity index (χ4v) is 2.66. The zero-order valence-corrected chi connectivity index (χ0v) is 13.6. The third-order valence-corrected chi connectivity index (χ3v) is 3.68. The highest BCUT2D eigenvalue weighted by atomic mass is 35.5. The van der Waals surface area contributed by atoms with E-state index in [1.54, 1.807) is 36.1 Å². The van der Waals surface area contributed by atoms with E-state index in [0.717, 1.165) is 5.56 Å². The molecule has 1 aromatic heterocycles. The zero-order valence-electron chi connectivity index (χ0n) is 12.0. The summed E-state index contributed by atoms with van der Waals surface area (Å²) in [7, 11) is 0. The molecule has 2 aromatic rings. The summed E-state index contributed by atoms with van der Waals surface area (Å²) >= 11 is 12.2. The number of nitrogens with zero attached hydrogens (tertiary/aromatic N) is 3. The Labute approximate surface area is 138 Å². The van der Waals surface area contributed by atoms with Gasteiger partial charge < -0.3 is 5.32 Å². The lowest BCUT2D eigenvalue weighted by Crippen LogP contribution is -2.29. The summed E-state index contributed by atoms with van der Waals surface area (Å²) in [6.45, 7) is 2.78. The number of halogens is 2. The van der Waals surface area contributed by atoms with Gasteiger partial charge in [0.15, 0.2) is 0 Å². The van der Waals surface area contributed by atoms with Crippen LogP contribution < -0.4 is 5.32 Å². The van der Waals surface area contributed by atoms with E-state index >= 15 is 0 Å². The molecule has 2 rings (SSSR count). The quantitative estimate of drug-likeness (QED) is 0.823. The van der Waals surface area contributed by atoms with Crippen molar-refractivity contribution in [2.24, 2.45) is 0 Å². The zero-order chi connectivity index (χ0) is 15.9. The number of aromatic nitrogens is 3. The van der Waals surface area contributed by atoms with E-state index < -0.39 is 0 Å². The van der Waals surface area contributed by atoms with Crippen molar-refractivity contribution >= 4 is 29.1 Å². The Morgan fingerprint density at radius 1 is 1.45 bits per heavy atom. The van der Waals surface area contributed by atoms with Crippen molar-refractivity contribution in [3.05, 3.63) is 58.6 Å². The first-order valence-electron chi connectivity index (χ1n) is 6.78. The van der Waals surface area contributed by atoms with Crippen molar-refractivity contribution in [2.75, 3.05) is 6.54 Å². The van der Waals surface area contributed by atoms with Crippen LogP contribution in [0.5, 0.6) is 0 Å². The minimum absolute atomic E-state index is 0.0410. The molecule has 1 amide bonds. The van der Waals surface area contributed by atoms with Crippen LogP contribution in [0, 0.1) is 0 Å². The Morgan fingerprint density at radius 3 is 2.91 bits per heavy atom. The number of carbonyl (C=O) groups is 1. The maximum atomic E-state index is 11.6. The summed E-state index contributed by atoms with van der Waals surface area (Å²) in [6, 6.07) is 5.35. The first-order valence-corrected chi connectivity index (χ1v) is 7.53. The Kier molecular flexibility index (Phi) is 5.98. The molecule has 1 heterocycles. The van der Waals surface area contributed by atoms with Gasteiger partial charge in [0, 0.05) is 22.5 Å². The van der Waals surface area contributed by atoms with Crippen molar-refractivity contribution in [2.45, 2.75) is 19.4 Å². The molecule has 0 fully saturated rings. The van der Waals surface area contributed by atoms with E-state index in [1.807, 2.05) is 6.07 Å². The van der Waals surface area contributed by atoms with E-state index in [4.69, 9.17) is 23.2 Å². The smallest absolute Gasteiger partial charge is 0.243 e. The molecule has 22 heavy (non-hydrogen) atoms. The van der Waals surface area contributed by atoms with Crippen LogP contribution in [-0.2, 0) is 11.3 Å². The summed E-state index contributed by atoms with van der Waals surface area (Å²) in [4.78, 5) is 15.6. The maximum absolute atomic E-state index is 11.6. The van der Waals surface area contributed by atoms with Crippen LogP contribution in [0.3, 0.4) is 0 Å². The molecule has 7 heteroatoms. The molecule has 0 spiro atoms. The highest BCUT2D eigenvalue weighted by Gasteiger charge is 2.17. The molecule has 1 unspecified atom stereocenters. The maximum Gasteiger partial charge on any atom is 0.243 e. The Morgan fingerprint density at radius 2 is 2.27 bits per heavy atom. The molecule has 116 valence electrons. The summed E-state index contributed by atoms with van der Waals surface area (Å²) in [6.07, 6.45) is 6.27. The molecular formula is C15H16Cl2N4O. The molecule has 1 atom stereocenters. The van der Waals surface area contributed by atoms with Crippen molar-refractivity contribution in [3.8, 4) is 0 Å². The number of carbonyl (C=O) groups excluding carboxylic acids is 1. The molecular weight excluding hydrogens is 323 g/mol. The predicted octanol–water partition coefficient (Wildman–Crippen LogP) is 3.06. The van der Waals surface area contributed by atoms with E-state index in [2.05, 4.69) is 15.4 Å². The minimum Gasteiger partial charge on any atom is -0.352 e. The fraction of sp³-hybridized carbons (Fsp3) is 0.267. The monoisotopic (exact) mass is 338 g/mol. The van der Waals surface area contributed by atoms with Gasteiger partial charge in [0.25, 0.3) is 0 Å². The fourth-order valence-electron chi connectivity index (χ4n) is 2.09. The van der Waals surface area contributed by atoms with E-state index in [1.165, 1.54) is 12.4 Å². The first kappa shape index (κ1) is 16.5. The summed E-state index contributed by atoms with van der Waals surface area (Å²) in [5, 5.41) is 8.10. The highest BCUT2D eigenvalue weighted by Crippen LogP contribution is 2.28. The topological polar surface area (TPSA) is 59.8 Å². The minimum atomic E-state index is -0.142. The molecule has 0 bridgehead atoms. The number of benzene rings is 1. The Bertz CT molecular complexity index is 656. The van der Waals surface area contributed by atoms with Gasteiger partial charge in [0.1, 0.15) is 12.7 Å². The lowest BCUT2D eigenvalue weighted by molar-refractivity contribution is -0.116. The molecule has 0 saturated carbocycles. The second-order valence-electron chi connectivity index (χ2n) is 4.73. The molecule has 0 aliphatic rings. The lowest BCUT2D eigenvalue weighted by Gasteiger charge is -2.19. The molecule has 0 saturated heterocycles. The van der Waals surface area contributed by atoms with Crippen LogP contribution in [0.4, 0.5) is 0 Å². The van der Waals surface area contributed by atoms with E-state index in [-0.39, 0.29) is 11.8 Å². The third kappa shape index (κ3) is 4.58. The van der Waals surface area contributed by atoms with Gasteiger partial charge in [0.05, 0.1) is 6.54 Å². The Balaban J connectivity index is 2.18. The van der Waals surface area contributed by atoms with Gasteiger partial charge in [-0.1, -0.05) is 35.3 Å². The average molecular weight is 339 g/mol. The highest BCUT2D eigenvalue weighted by molar-refractivity contribution is 6.35. The molecule has 0 aliphatic carbocycles. The van der Waals surface area contributed by atoms with Crippen molar-refractivity contribution in [1.29, 1.82) is 0 Å². The van der Waals surface area contributed by atoms with Gasteiger partial charge in [-0.2, -0.15) is 5.10 Å². The van der Waals surface area contributed by atoms with Crippen LogP contribution in [-0.4, -0.2) is 27.2 Å². The van der Waals surface area contributed by atoms with Gasteiger partial charge in [-0.3, -0.25) is 9.48 Å². The molecule has 1 N–H and O–H groups in total. The SMILES string of the molecule is C/C=C/C(=O)NCC(Cn1cncn1)c1ccc(Cl)cc1Cl. The molecule has 0 radical (unpaired) electrons. The normalized spacial score (nSPS) is 12.5. The second-order valence-corrected chi connectivity index (χ2v) is 5.57. The van der Waals surface area contributed by atoms with Crippen LogP contribution in [0.1, 0.15) is 18.4 Å². The first-order chi connectivity index (χ1) is 10.6. The number of nitrogens with one attached hydrogen (secondary N) is 1. The van der Waals surface area contributed by atoms with Crippen molar-refractivity contribution in [3.63, 3.8) is 0 Å². The van der Waals surface area contributed by atoms with Gasteiger partial charge in [-0.15, -0.1) is 0 Å².